The van der Waals surface area contributed by atoms with Crippen LogP contribution in [0.25, 0.3) is 44.9 Å². The van der Waals surface area contributed by atoms with Crippen LogP contribution in [0.4, 0.5) is 0 Å². The van der Waals surface area contributed by atoms with Gasteiger partial charge in [-0.1, -0.05) is 122 Å². The number of aromatic nitrogens is 2. The highest BCUT2D eigenvalue weighted by molar-refractivity contribution is 8.09. The number of benzene rings is 3. The van der Waals surface area contributed by atoms with Crippen LogP contribution in [-0.4, -0.2) is 51.1 Å². The summed E-state index contributed by atoms with van der Waals surface area (Å²) in [5.41, 5.74) is 4.37. The highest BCUT2D eigenvalue weighted by Crippen LogP contribution is 2.67. The van der Waals surface area contributed by atoms with E-state index in [9.17, 15) is 0 Å². The first-order chi connectivity index (χ1) is 27.2. The van der Waals surface area contributed by atoms with Crippen molar-refractivity contribution in [3.8, 4) is 0 Å². The van der Waals surface area contributed by atoms with Gasteiger partial charge in [-0.15, -0.1) is 0 Å². The summed E-state index contributed by atoms with van der Waals surface area (Å²) in [5.74, 6) is 5.82. The topological polar surface area (TPSA) is 9.86 Å². The standard InChI is InChI=1S/C50H60N2S4/c1-25-26(2)30(6)44-43(29(25)5)53-47-41(51-37-21-13-9-17-33(37)34-18-10-14-22-38(34)51)49-50(56-46-32(8)28(4)27(3)31(7)45(46)55-49)42(48(47)54-44)52-39-23-15-11-19-35(39)36-20-12-16-24-40(36)52/h9-11,13-15,17-32,41-50H,12,16H2,1-8H3. The van der Waals surface area contributed by atoms with Crippen LogP contribution in [0.1, 0.15) is 80.3 Å². The van der Waals surface area contributed by atoms with E-state index in [1.54, 1.807) is 0 Å². The number of hydrogen-bond acceptors (Lipinski definition) is 4. The first-order valence-electron chi connectivity index (χ1n) is 22.0. The normalized spacial score (nSPS) is 43.2. The average molecular weight is 817 g/mol. The molecule has 2 saturated heterocycles. The van der Waals surface area contributed by atoms with Gasteiger partial charge in [0.05, 0.1) is 12.1 Å². The summed E-state index contributed by atoms with van der Waals surface area (Å²) >= 11 is 9.91. The molecule has 294 valence electrons. The zero-order chi connectivity index (χ0) is 38.3. The summed E-state index contributed by atoms with van der Waals surface area (Å²) in [7, 11) is 0. The van der Waals surface area contributed by atoms with Crippen LogP contribution in [0.15, 0.2) is 72.8 Å². The van der Waals surface area contributed by atoms with Gasteiger partial charge in [-0.25, -0.2) is 0 Å². The van der Waals surface area contributed by atoms with Crippen molar-refractivity contribution < 1.29 is 0 Å². The van der Waals surface area contributed by atoms with Gasteiger partial charge < -0.3 is 9.13 Å². The number of para-hydroxylation sites is 3. The maximum Gasteiger partial charge on any atom is 0.0603 e. The van der Waals surface area contributed by atoms with Crippen LogP contribution >= 0.6 is 47.0 Å². The van der Waals surface area contributed by atoms with Crippen molar-refractivity contribution in [3.63, 3.8) is 0 Å². The number of rotatable bonds is 2. The monoisotopic (exact) mass is 816 g/mol. The minimum atomic E-state index is 0.408. The second-order valence-electron chi connectivity index (χ2n) is 19.2. The first kappa shape index (κ1) is 37.2. The van der Waals surface area contributed by atoms with Crippen molar-refractivity contribution in [2.24, 2.45) is 47.3 Å². The van der Waals surface area contributed by atoms with Gasteiger partial charge in [-0.2, -0.15) is 47.0 Å². The smallest absolute Gasteiger partial charge is 0.0603 e. The molecule has 0 N–H and O–H groups in total. The molecule has 2 nitrogen and oxygen atoms in total. The third kappa shape index (κ3) is 5.19. The van der Waals surface area contributed by atoms with E-state index < -0.39 is 0 Å². The molecule has 6 aliphatic rings. The Morgan fingerprint density at radius 2 is 0.714 bits per heavy atom. The van der Waals surface area contributed by atoms with E-state index in [2.05, 4.69) is 197 Å². The summed E-state index contributed by atoms with van der Waals surface area (Å²) in [6.07, 6.45) is 7.51. The zero-order valence-corrected chi connectivity index (χ0v) is 37.7. The van der Waals surface area contributed by atoms with Gasteiger partial charge in [-0.3, -0.25) is 0 Å². The Balaban J connectivity index is 1.19. The van der Waals surface area contributed by atoms with E-state index in [1.165, 1.54) is 43.3 Å². The van der Waals surface area contributed by atoms with Gasteiger partial charge >= 0.3 is 0 Å². The van der Waals surface area contributed by atoms with E-state index in [1.807, 2.05) is 0 Å². The Bertz CT molecular complexity index is 2340. The van der Waals surface area contributed by atoms with E-state index in [0.717, 1.165) is 36.5 Å². The first-order valence-corrected chi connectivity index (χ1v) is 25.8. The highest BCUT2D eigenvalue weighted by Gasteiger charge is 2.63. The lowest BCUT2D eigenvalue weighted by Gasteiger charge is -2.63. The van der Waals surface area contributed by atoms with Crippen molar-refractivity contribution in [2.45, 2.75) is 122 Å². The summed E-state index contributed by atoms with van der Waals surface area (Å²) < 4.78 is 5.92. The van der Waals surface area contributed by atoms with Crippen molar-refractivity contribution in [3.05, 3.63) is 83.4 Å². The molecule has 4 heterocycles. The molecule has 4 aliphatic carbocycles. The van der Waals surface area contributed by atoms with Gasteiger partial charge in [0, 0.05) is 85.3 Å². The molecule has 0 spiro atoms. The molecule has 2 aliphatic heterocycles. The third-order valence-electron chi connectivity index (χ3n) is 17.0. The van der Waals surface area contributed by atoms with E-state index >= 15 is 0 Å². The van der Waals surface area contributed by atoms with E-state index in [4.69, 9.17) is 0 Å². The second-order valence-corrected chi connectivity index (χ2v) is 24.6. The van der Waals surface area contributed by atoms with Crippen LogP contribution in [0.3, 0.4) is 0 Å². The van der Waals surface area contributed by atoms with Gasteiger partial charge in [0.1, 0.15) is 0 Å². The predicted molar refractivity (Wildman–Crippen MR) is 251 cm³/mol. The maximum absolute atomic E-state index is 2.98. The fourth-order valence-corrected chi connectivity index (χ4v) is 22.8. The van der Waals surface area contributed by atoms with Crippen LogP contribution in [-0.2, 0) is 0 Å². The summed E-state index contributed by atoms with van der Waals surface area (Å²) in [5, 5.41) is 12.1. The lowest BCUT2D eigenvalue weighted by atomic mass is 9.69. The third-order valence-corrected chi connectivity index (χ3v) is 25.4. The van der Waals surface area contributed by atoms with Crippen LogP contribution in [0.2, 0.25) is 0 Å². The molecule has 0 radical (unpaired) electrons. The summed E-state index contributed by atoms with van der Waals surface area (Å²) in [6, 6.07) is 29.2. The molecule has 11 rings (SSSR count). The van der Waals surface area contributed by atoms with Crippen molar-refractivity contribution in [1.82, 2.24) is 9.13 Å². The Morgan fingerprint density at radius 1 is 0.375 bits per heavy atom. The van der Waals surface area contributed by atoms with E-state index in [-0.39, 0.29) is 0 Å². The van der Waals surface area contributed by atoms with Crippen LogP contribution < -0.4 is 10.6 Å². The average Bonchev–Trinajstić information content (AvgIpc) is 3.74. The quantitative estimate of drug-likeness (QED) is 0.175. The number of nitrogens with zero attached hydrogens (tertiary/aromatic N) is 2. The molecule has 5 fully saturated rings. The molecule has 3 aromatic carbocycles. The number of hydrogen-bond donors (Lipinski definition) is 0. The minimum absolute atomic E-state index is 0.408. The Labute approximate surface area is 351 Å². The van der Waals surface area contributed by atoms with E-state index in [0.29, 0.717) is 77.8 Å². The Hall–Kier alpha value is -1.86. The highest BCUT2D eigenvalue weighted by atomic mass is 32.2. The van der Waals surface area contributed by atoms with Crippen molar-refractivity contribution >= 4 is 91.9 Å². The largest absolute Gasteiger partial charge is 0.335 e. The molecule has 6 heteroatoms. The summed E-state index contributed by atoms with van der Waals surface area (Å²) in [6.45, 7) is 20.8. The number of fused-ring (bicyclic) bond motifs is 10. The fourth-order valence-electron chi connectivity index (χ4n) is 13.0. The second kappa shape index (κ2) is 13.8. The number of thioether (sulfide) groups is 4. The lowest BCUT2D eigenvalue weighted by Crippen LogP contribution is -2.64. The Kier molecular flexibility index (Phi) is 9.19. The zero-order valence-electron chi connectivity index (χ0n) is 34.4. The van der Waals surface area contributed by atoms with Crippen LogP contribution in [0, 0.1) is 47.3 Å². The SMILES string of the molecule is CC1C(C)C(C)C2SC3C(SC2C1C)C(n1c2c(c4ccccc41)=CCCC=2)C1SC2C(C)C(C)C(C)C(C)C2SC1C3n1c2ccccc2c2ccccc21. The van der Waals surface area contributed by atoms with Gasteiger partial charge in [-0.05, 0) is 78.4 Å². The molecule has 0 amide bonds. The molecule has 3 saturated carbocycles. The van der Waals surface area contributed by atoms with Crippen molar-refractivity contribution in [2.75, 3.05) is 0 Å². The molecular weight excluding hydrogens is 757 g/mol. The minimum Gasteiger partial charge on any atom is -0.335 e. The maximum atomic E-state index is 2.98. The van der Waals surface area contributed by atoms with Gasteiger partial charge in [0.25, 0.3) is 0 Å². The molecule has 0 bridgehead atoms. The summed E-state index contributed by atoms with van der Waals surface area (Å²) in [4.78, 5) is 0. The molecule has 5 aromatic rings. The van der Waals surface area contributed by atoms with Gasteiger partial charge in [0.15, 0.2) is 0 Å². The van der Waals surface area contributed by atoms with Crippen molar-refractivity contribution in [1.29, 1.82) is 0 Å². The molecular formula is C50H60N2S4. The van der Waals surface area contributed by atoms with Crippen LogP contribution in [0.5, 0.6) is 0 Å². The molecule has 16 unspecified atom stereocenters. The molecule has 56 heavy (non-hydrogen) atoms. The molecule has 2 aromatic heterocycles. The predicted octanol–water partition coefficient (Wildman–Crippen LogP) is 11.9. The molecule has 16 atom stereocenters. The fraction of sp³-hybridized carbons (Fsp3) is 0.560. The Morgan fingerprint density at radius 3 is 1.14 bits per heavy atom. The lowest BCUT2D eigenvalue weighted by molar-refractivity contribution is 0.144. The van der Waals surface area contributed by atoms with Gasteiger partial charge in [0.2, 0.25) is 0 Å².